The highest BCUT2D eigenvalue weighted by atomic mass is 15.2. The molecule has 2 aliphatic rings. The van der Waals surface area contributed by atoms with E-state index in [1.807, 2.05) is 0 Å². The van der Waals surface area contributed by atoms with E-state index in [0.717, 1.165) is 37.1 Å². The zero-order chi connectivity index (χ0) is 50.1. The van der Waals surface area contributed by atoms with Gasteiger partial charge in [0.05, 0.1) is 11.4 Å². The van der Waals surface area contributed by atoms with Gasteiger partial charge in [0, 0.05) is 44.7 Å². The van der Waals surface area contributed by atoms with Gasteiger partial charge in [-0.3, -0.25) is 0 Å². The predicted molar refractivity (Wildman–Crippen MR) is 325 cm³/mol. The molecular weight excluding hydrogens is 917 g/mol. The number of fused-ring (bicyclic) bond motifs is 8. The first-order valence-electron chi connectivity index (χ1n) is 26.8. The summed E-state index contributed by atoms with van der Waals surface area (Å²) in [7, 11) is 0. The molecule has 76 heavy (non-hydrogen) atoms. The Morgan fingerprint density at radius 1 is 0.263 bits per heavy atom. The van der Waals surface area contributed by atoms with Crippen molar-refractivity contribution < 1.29 is 0 Å². The maximum absolute atomic E-state index is 2.55. The van der Waals surface area contributed by atoms with Crippen molar-refractivity contribution in [1.82, 2.24) is 0 Å². The number of aryl methyl sites for hydroxylation is 2. The van der Waals surface area contributed by atoms with Crippen LogP contribution in [-0.4, -0.2) is 0 Å². The van der Waals surface area contributed by atoms with E-state index in [9.17, 15) is 0 Å². The van der Waals surface area contributed by atoms with Crippen LogP contribution in [0, 0.1) is 0 Å². The summed E-state index contributed by atoms with van der Waals surface area (Å²) < 4.78 is 0. The Bertz CT molecular complexity index is 4250. The average molecular weight is 969 g/mol. The van der Waals surface area contributed by atoms with Crippen LogP contribution in [0.1, 0.15) is 35.1 Å². The van der Waals surface area contributed by atoms with Crippen molar-refractivity contribution in [2.75, 3.05) is 9.80 Å². The fourth-order valence-electron chi connectivity index (χ4n) is 12.8. The minimum Gasteiger partial charge on any atom is -0.310 e. The van der Waals surface area contributed by atoms with E-state index >= 15 is 0 Å². The van der Waals surface area contributed by atoms with Crippen LogP contribution in [-0.2, 0) is 12.8 Å². The normalized spacial score (nSPS) is 13.2. The number of rotatable bonds is 8. The minimum atomic E-state index is 0.973. The van der Waals surface area contributed by atoms with E-state index in [0.29, 0.717) is 0 Å². The highest BCUT2D eigenvalue weighted by Gasteiger charge is 2.28. The molecule has 0 N–H and O–H groups in total. The summed E-state index contributed by atoms with van der Waals surface area (Å²) in [5.41, 5.74) is 17.2. The average Bonchev–Trinajstić information content (AvgIpc) is 3.52. The van der Waals surface area contributed by atoms with Crippen molar-refractivity contribution in [3.8, 4) is 22.3 Å². The van der Waals surface area contributed by atoms with E-state index in [2.05, 4.69) is 277 Å². The molecule has 0 aliphatic heterocycles. The SMILES string of the molecule is C1=C(N(c2ccc3c(-c4ccc5ccccc5c4)c4cc(N(C5=CCCc6ccccc65)c5cccc6ccccc56)ccc4c(-c4ccc5ccccc5c4)c3c2)c2cccc3ccccc23)c2ccccc2CC1. The predicted octanol–water partition coefficient (Wildman–Crippen LogP) is 20.2. The lowest BCUT2D eigenvalue weighted by Crippen LogP contribution is -2.19. The topological polar surface area (TPSA) is 6.48 Å². The van der Waals surface area contributed by atoms with Crippen molar-refractivity contribution in [1.29, 1.82) is 0 Å². The maximum Gasteiger partial charge on any atom is 0.0540 e. The Morgan fingerprint density at radius 2 is 0.658 bits per heavy atom. The van der Waals surface area contributed by atoms with Crippen LogP contribution < -0.4 is 9.80 Å². The summed E-state index contributed by atoms with van der Waals surface area (Å²) in [5.74, 6) is 0. The quantitative estimate of drug-likeness (QED) is 0.140. The number of allylic oxidation sites excluding steroid dienone is 2. The zero-order valence-corrected chi connectivity index (χ0v) is 42.1. The second kappa shape index (κ2) is 18.2. The van der Waals surface area contributed by atoms with Gasteiger partial charge in [-0.1, -0.05) is 218 Å². The lowest BCUT2D eigenvalue weighted by atomic mass is 9.84. The molecular formula is C74H52N2. The van der Waals surface area contributed by atoms with E-state index in [1.54, 1.807) is 0 Å². The molecule has 0 amide bonds. The molecule has 2 nitrogen and oxygen atoms in total. The van der Waals surface area contributed by atoms with Crippen LogP contribution in [0.5, 0.6) is 0 Å². The molecule has 0 atom stereocenters. The molecule has 0 radical (unpaired) electrons. The van der Waals surface area contributed by atoms with Gasteiger partial charge in [0.2, 0.25) is 0 Å². The summed E-state index contributed by atoms with van der Waals surface area (Å²) in [6.45, 7) is 0. The molecule has 0 spiro atoms. The fourth-order valence-corrected chi connectivity index (χ4v) is 12.8. The lowest BCUT2D eigenvalue weighted by Gasteiger charge is -2.33. The number of benzene rings is 13. The summed E-state index contributed by atoms with van der Waals surface area (Å²) in [6, 6.07) is 95.5. The number of hydrogen-bond acceptors (Lipinski definition) is 2. The van der Waals surface area contributed by atoms with Gasteiger partial charge in [-0.2, -0.15) is 0 Å². The molecule has 15 rings (SSSR count). The summed E-state index contributed by atoms with van der Waals surface area (Å²) in [5, 5.41) is 14.6. The Kier molecular flexibility index (Phi) is 10.5. The van der Waals surface area contributed by atoms with Gasteiger partial charge in [-0.15, -0.1) is 0 Å². The van der Waals surface area contributed by atoms with Crippen LogP contribution in [0.25, 0.3) is 98.3 Å². The van der Waals surface area contributed by atoms with E-state index < -0.39 is 0 Å². The van der Waals surface area contributed by atoms with Gasteiger partial charge in [0.1, 0.15) is 0 Å². The van der Waals surface area contributed by atoms with Crippen LogP contribution in [0.4, 0.5) is 22.7 Å². The van der Waals surface area contributed by atoms with E-state index in [4.69, 9.17) is 0 Å². The molecule has 2 heteroatoms. The molecule has 13 aromatic rings. The second-order valence-electron chi connectivity index (χ2n) is 20.6. The first-order chi connectivity index (χ1) is 37.7. The van der Waals surface area contributed by atoms with Gasteiger partial charge in [0.15, 0.2) is 0 Å². The molecule has 0 aromatic heterocycles. The van der Waals surface area contributed by atoms with Crippen molar-refractivity contribution in [2.24, 2.45) is 0 Å². The standard InChI is InChI=1S/C74H52N2/c1-3-23-55-45-57(39-37-49(55)17-1)73-65-43-41-60(76(71-35-15-27-53-21-7-11-31-63(53)71)72-36-16-28-54-22-8-12-32-64(54)72)48-68(65)74(58-40-38-50-18-2-4-24-56(50)46-58)66-44-42-59(47-67(66)73)75(69-33-13-25-51-19-5-9-29-61(51)69)70-34-14-26-52-20-6-10-30-62(52)70/h1-13,15,17-25,27,29-48H,14,16,26,28H2. The summed E-state index contributed by atoms with van der Waals surface area (Å²) >= 11 is 0. The van der Waals surface area contributed by atoms with Crippen LogP contribution >= 0.6 is 0 Å². The fraction of sp³-hybridized carbons (Fsp3) is 0.0541. The highest BCUT2D eigenvalue weighted by molar-refractivity contribution is 6.24. The first-order valence-corrected chi connectivity index (χ1v) is 26.8. The number of nitrogens with zero attached hydrogens (tertiary/aromatic N) is 2. The third-order valence-corrected chi connectivity index (χ3v) is 16.3. The maximum atomic E-state index is 2.55. The largest absolute Gasteiger partial charge is 0.310 e. The molecule has 0 bridgehead atoms. The second-order valence-corrected chi connectivity index (χ2v) is 20.6. The summed E-state index contributed by atoms with van der Waals surface area (Å²) in [6.07, 6.45) is 8.92. The third-order valence-electron chi connectivity index (χ3n) is 16.3. The molecule has 0 saturated heterocycles. The van der Waals surface area contributed by atoms with Crippen LogP contribution in [0.15, 0.2) is 267 Å². The van der Waals surface area contributed by atoms with Crippen molar-refractivity contribution in [2.45, 2.75) is 25.7 Å². The van der Waals surface area contributed by atoms with E-state index in [1.165, 1.54) is 132 Å². The molecule has 13 aromatic carbocycles. The number of anilines is 4. The molecule has 0 heterocycles. The molecule has 358 valence electrons. The van der Waals surface area contributed by atoms with Crippen molar-refractivity contribution in [3.05, 3.63) is 289 Å². The Hall–Kier alpha value is -9.50. The minimum absolute atomic E-state index is 0.973. The summed E-state index contributed by atoms with van der Waals surface area (Å²) in [4.78, 5) is 5.09. The Balaban J connectivity index is 1.06. The van der Waals surface area contributed by atoms with E-state index in [-0.39, 0.29) is 0 Å². The Morgan fingerprint density at radius 3 is 1.13 bits per heavy atom. The molecule has 0 fully saturated rings. The van der Waals surface area contributed by atoms with Crippen molar-refractivity contribution in [3.63, 3.8) is 0 Å². The highest BCUT2D eigenvalue weighted by Crippen LogP contribution is 2.51. The van der Waals surface area contributed by atoms with Gasteiger partial charge in [-0.05, 0) is 161 Å². The molecule has 2 aliphatic carbocycles. The monoisotopic (exact) mass is 968 g/mol. The van der Waals surface area contributed by atoms with Gasteiger partial charge >= 0.3 is 0 Å². The Labute approximate surface area is 443 Å². The third kappa shape index (κ3) is 7.32. The van der Waals surface area contributed by atoms with Crippen LogP contribution in [0.2, 0.25) is 0 Å². The number of hydrogen-bond donors (Lipinski definition) is 0. The lowest BCUT2D eigenvalue weighted by molar-refractivity contribution is 0.968. The smallest absolute Gasteiger partial charge is 0.0540 e. The van der Waals surface area contributed by atoms with Gasteiger partial charge < -0.3 is 9.80 Å². The first kappa shape index (κ1) is 44.0. The van der Waals surface area contributed by atoms with Gasteiger partial charge in [-0.25, -0.2) is 0 Å². The molecule has 0 saturated carbocycles. The van der Waals surface area contributed by atoms with Gasteiger partial charge in [0.25, 0.3) is 0 Å². The van der Waals surface area contributed by atoms with Crippen LogP contribution in [0.3, 0.4) is 0 Å². The van der Waals surface area contributed by atoms with Crippen molar-refractivity contribution >= 4 is 98.8 Å². The molecule has 0 unspecified atom stereocenters. The zero-order valence-electron chi connectivity index (χ0n) is 42.1.